The van der Waals surface area contributed by atoms with Crippen LogP contribution in [0.25, 0.3) is 22.4 Å². The summed E-state index contributed by atoms with van der Waals surface area (Å²) < 4.78 is 15.1. The first-order valence-electron chi connectivity index (χ1n) is 7.34. The number of benzene rings is 2. The number of esters is 2. The largest absolute Gasteiger partial charge is 0.427 e. The molecule has 1 heterocycles. The summed E-state index contributed by atoms with van der Waals surface area (Å²) in [5.74, 6) is -0.155. The number of hydrogen-bond acceptors (Lipinski definition) is 7. The van der Waals surface area contributed by atoms with Crippen molar-refractivity contribution in [3.8, 4) is 23.0 Å². The third-order valence-corrected chi connectivity index (χ3v) is 3.22. The van der Waals surface area contributed by atoms with Crippen molar-refractivity contribution in [3.63, 3.8) is 0 Å². The van der Waals surface area contributed by atoms with E-state index in [9.17, 15) is 14.4 Å². The summed E-state index contributed by atoms with van der Waals surface area (Å²) in [6, 6.07) is 10.9. The highest BCUT2D eigenvalue weighted by Crippen LogP contribution is 2.23. The highest BCUT2D eigenvalue weighted by atomic mass is 16.5. The molecule has 1 aromatic heterocycles. The molecule has 0 aliphatic rings. The number of nitrogens with zero attached hydrogens (tertiary/aromatic N) is 1. The average Bonchev–Trinajstić information content (AvgIpc) is 2.55. The lowest BCUT2D eigenvalue weighted by Gasteiger charge is -2.05. The van der Waals surface area contributed by atoms with Crippen LogP contribution < -0.4 is 15.1 Å². The van der Waals surface area contributed by atoms with Gasteiger partial charge in [0.1, 0.15) is 11.5 Å². The maximum absolute atomic E-state index is 12.2. The minimum atomic E-state index is -0.599. The highest BCUT2D eigenvalue weighted by Gasteiger charge is 2.11. The van der Waals surface area contributed by atoms with Crippen molar-refractivity contribution in [1.82, 2.24) is 4.98 Å². The molecule has 0 N–H and O–H groups in total. The second-order valence-corrected chi connectivity index (χ2v) is 5.20. The predicted molar refractivity (Wildman–Crippen MR) is 88.3 cm³/mol. The number of carbonyl (C=O) groups excluding carboxylic acids is 2. The highest BCUT2D eigenvalue weighted by molar-refractivity contribution is 5.81. The van der Waals surface area contributed by atoms with Gasteiger partial charge in [0.15, 0.2) is 0 Å². The average molecular weight is 339 g/mol. The number of carbonyl (C=O) groups is 2. The van der Waals surface area contributed by atoms with Crippen molar-refractivity contribution < 1.29 is 23.5 Å². The number of hydrogen-bond donors (Lipinski definition) is 0. The minimum Gasteiger partial charge on any atom is -0.427 e. The first-order valence-corrected chi connectivity index (χ1v) is 7.34. The molecule has 0 atom stereocenters. The molecule has 0 bridgehead atoms. The summed E-state index contributed by atoms with van der Waals surface area (Å²) in [5.41, 5.74) is 0.364. The van der Waals surface area contributed by atoms with Crippen molar-refractivity contribution >= 4 is 22.8 Å². The van der Waals surface area contributed by atoms with Gasteiger partial charge in [-0.15, -0.1) is 0 Å². The predicted octanol–water partition coefficient (Wildman–Crippen LogP) is 2.71. The van der Waals surface area contributed by atoms with Crippen LogP contribution >= 0.6 is 0 Å². The summed E-state index contributed by atoms with van der Waals surface area (Å²) in [6.45, 7) is 2.58. The van der Waals surface area contributed by atoms with Crippen LogP contribution in [0.5, 0.6) is 11.5 Å². The van der Waals surface area contributed by atoms with E-state index in [1.807, 2.05) is 0 Å². The van der Waals surface area contributed by atoms with Crippen LogP contribution in [-0.2, 0) is 9.59 Å². The molecule has 0 spiro atoms. The van der Waals surface area contributed by atoms with Gasteiger partial charge >= 0.3 is 17.6 Å². The van der Waals surface area contributed by atoms with Crippen molar-refractivity contribution in [2.45, 2.75) is 13.8 Å². The van der Waals surface area contributed by atoms with Gasteiger partial charge in [0.05, 0.1) is 10.9 Å². The molecule has 0 amide bonds. The molecule has 0 unspecified atom stereocenters. The fourth-order valence-electron chi connectivity index (χ4n) is 2.24. The van der Waals surface area contributed by atoms with Gasteiger partial charge in [-0.2, -0.15) is 0 Å². The molecule has 0 radical (unpaired) electrons. The zero-order chi connectivity index (χ0) is 18.0. The number of ether oxygens (including phenoxy) is 2. The van der Waals surface area contributed by atoms with Crippen LogP contribution in [-0.4, -0.2) is 16.9 Å². The third-order valence-electron chi connectivity index (χ3n) is 3.22. The van der Waals surface area contributed by atoms with Crippen LogP contribution in [0.3, 0.4) is 0 Å². The molecule has 0 saturated heterocycles. The van der Waals surface area contributed by atoms with Crippen LogP contribution in [0, 0.1) is 0 Å². The second kappa shape index (κ2) is 6.56. The van der Waals surface area contributed by atoms with E-state index in [0.29, 0.717) is 16.8 Å². The van der Waals surface area contributed by atoms with E-state index in [1.165, 1.54) is 19.9 Å². The van der Waals surface area contributed by atoms with Gasteiger partial charge < -0.3 is 13.9 Å². The Morgan fingerprint density at radius 2 is 1.52 bits per heavy atom. The third kappa shape index (κ3) is 3.72. The molecule has 126 valence electrons. The molecular formula is C18H13NO6. The normalized spacial score (nSPS) is 10.5. The Morgan fingerprint density at radius 3 is 2.16 bits per heavy atom. The van der Waals surface area contributed by atoms with E-state index in [4.69, 9.17) is 13.9 Å². The smallest absolute Gasteiger partial charge is 0.347 e. The Morgan fingerprint density at radius 1 is 0.920 bits per heavy atom. The topological polar surface area (TPSA) is 95.7 Å². The summed E-state index contributed by atoms with van der Waals surface area (Å²) in [6.07, 6.45) is 0. The van der Waals surface area contributed by atoms with Crippen molar-refractivity contribution in [2.75, 3.05) is 0 Å². The van der Waals surface area contributed by atoms with Crippen molar-refractivity contribution in [3.05, 3.63) is 52.9 Å². The Bertz CT molecular complexity index is 1020. The molecule has 2 aromatic carbocycles. The second-order valence-electron chi connectivity index (χ2n) is 5.20. The quantitative estimate of drug-likeness (QED) is 0.534. The van der Waals surface area contributed by atoms with Gasteiger partial charge in [-0.05, 0) is 42.5 Å². The van der Waals surface area contributed by atoms with E-state index in [0.717, 1.165) is 0 Å². The number of rotatable bonds is 3. The summed E-state index contributed by atoms with van der Waals surface area (Å²) in [5, 5.41) is 0.207. The lowest BCUT2D eigenvalue weighted by Crippen LogP contribution is -2.05. The van der Waals surface area contributed by atoms with E-state index >= 15 is 0 Å². The Balaban J connectivity index is 1.99. The minimum absolute atomic E-state index is 0.132. The monoisotopic (exact) mass is 339 g/mol. The van der Waals surface area contributed by atoms with Gasteiger partial charge in [-0.25, -0.2) is 9.78 Å². The maximum atomic E-state index is 12.2. The molecule has 0 saturated carbocycles. The standard InChI is InChI=1S/C18H13NO6/c1-10(20)23-13-5-3-12(4-6-13)17-19-16-8-7-14(24-11(2)21)9-15(16)18(22)25-17/h3-9H,1-2H3. The van der Waals surface area contributed by atoms with Crippen molar-refractivity contribution in [1.29, 1.82) is 0 Å². The molecule has 0 aliphatic carbocycles. The van der Waals surface area contributed by atoms with Gasteiger partial charge in [-0.3, -0.25) is 9.59 Å². The fourth-order valence-corrected chi connectivity index (χ4v) is 2.24. The van der Waals surface area contributed by atoms with Crippen molar-refractivity contribution in [2.24, 2.45) is 0 Å². The molecular weight excluding hydrogens is 326 g/mol. The molecule has 25 heavy (non-hydrogen) atoms. The van der Waals surface area contributed by atoms with Crippen LogP contribution in [0.15, 0.2) is 51.7 Å². The molecule has 0 aliphatic heterocycles. The first kappa shape index (κ1) is 16.4. The zero-order valence-electron chi connectivity index (χ0n) is 13.4. The van der Waals surface area contributed by atoms with E-state index < -0.39 is 17.6 Å². The summed E-state index contributed by atoms with van der Waals surface area (Å²) >= 11 is 0. The molecule has 7 nitrogen and oxygen atoms in total. The summed E-state index contributed by atoms with van der Waals surface area (Å²) in [4.78, 5) is 38.4. The molecule has 3 rings (SSSR count). The van der Waals surface area contributed by atoms with E-state index in [2.05, 4.69) is 4.98 Å². The number of aromatic nitrogens is 1. The number of fused-ring (bicyclic) bond motifs is 1. The van der Waals surface area contributed by atoms with Gasteiger partial charge in [-0.1, -0.05) is 0 Å². The van der Waals surface area contributed by atoms with Gasteiger partial charge in [0, 0.05) is 19.4 Å². The lowest BCUT2D eigenvalue weighted by atomic mass is 10.2. The van der Waals surface area contributed by atoms with Gasteiger partial charge in [0.25, 0.3) is 0 Å². The van der Waals surface area contributed by atoms with E-state index in [-0.39, 0.29) is 17.0 Å². The van der Waals surface area contributed by atoms with Gasteiger partial charge in [0.2, 0.25) is 5.89 Å². The molecule has 0 fully saturated rings. The van der Waals surface area contributed by atoms with Crippen LogP contribution in [0.1, 0.15) is 13.8 Å². The maximum Gasteiger partial charge on any atom is 0.347 e. The Labute approximate surface area is 141 Å². The molecule has 7 heteroatoms. The SMILES string of the molecule is CC(=O)Oc1ccc(-c2nc3ccc(OC(C)=O)cc3c(=O)o2)cc1. The first-order chi connectivity index (χ1) is 11.9. The van der Waals surface area contributed by atoms with Crippen LogP contribution in [0.4, 0.5) is 0 Å². The lowest BCUT2D eigenvalue weighted by molar-refractivity contribution is -0.132. The van der Waals surface area contributed by atoms with E-state index in [1.54, 1.807) is 36.4 Å². The zero-order valence-corrected chi connectivity index (χ0v) is 13.4. The van der Waals surface area contributed by atoms with Crippen LogP contribution in [0.2, 0.25) is 0 Å². The summed E-state index contributed by atoms with van der Waals surface area (Å²) in [7, 11) is 0. The Kier molecular flexibility index (Phi) is 4.30. The fraction of sp³-hybridized carbons (Fsp3) is 0.111. The molecule has 3 aromatic rings. The Hall–Kier alpha value is -3.48.